The van der Waals surface area contributed by atoms with Gasteiger partial charge in [-0.3, -0.25) is 9.89 Å². The molecule has 0 aliphatic heterocycles. The normalized spacial score (nSPS) is 10.8. The summed E-state index contributed by atoms with van der Waals surface area (Å²) < 4.78 is 1.75. The lowest BCUT2D eigenvalue weighted by Gasteiger charge is -2.11. The lowest BCUT2D eigenvalue weighted by Crippen LogP contribution is -2.15. The monoisotopic (exact) mass is 285 g/mol. The second kappa shape index (κ2) is 4.89. The average Bonchev–Trinajstić information content (AvgIpc) is 3.07. The van der Waals surface area contributed by atoms with Crippen LogP contribution >= 0.6 is 0 Å². The number of carbonyl (C=O) groups excluding carboxylic acids is 1. The number of fused-ring (bicyclic) bond motifs is 1. The van der Waals surface area contributed by atoms with Gasteiger partial charge >= 0.3 is 0 Å². The number of aryl methyl sites for hydroxylation is 1. The van der Waals surface area contributed by atoms with Crippen LogP contribution < -0.4 is 10.2 Å². The van der Waals surface area contributed by atoms with Crippen molar-refractivity contribution in [3.05, 3.63) is 30.5 Å². The Labute approximate surface area is 120 Å². The quantitative estimate of drug-likeness (QED) is 0.749. The average molecular weight is 285 g/mol. The molecule has 1 amide bonds. The summed E-state index contributed by atoms with van der Waals surface area (Å²) >= 11 is 0. The number of nitrogens with one attached hydrogen (secondary N) is 2. The van der Waals surface area contributed by atoms with Crippen LogP contribution in [-0.2, 0) is 7.05 Å². The van der Waals surface area contributed by atoms with Crippen molar-refractivity contribution in [3.63, 3.8) is 0 Å². The van der Waals surface area contributed by atoms with Gasteiger partial charge in [0, 0.05) is 27.3 Å². The van der Waals surface area contributed by atoms with Gasteiger partial charge in [0.05, 0.1) is 17.3 Å². The Morgan fingerprint density at radius 3 is 2.86 bits per heavy atom. The van der Waals surface area contributed by atoms with E-state index in [-0.39, 0.29) is 5.91 Å². The SMILES string of the molecule is CN(C)c1ncnc2c1cc(C(=O)Nc1cn[nH]c1)n2C. The number of hydrogen-bond acceptors (Lipinski definition) is 5. The molecule has 0 aromatic carbocycles. The highest BCUT2D eigenvalue weighted by Crippen LogP contribution is 2.24. The number of aromatic nitrogens is 5. The van der Waals surface area contributed by atoms with E-state index in [0.29, 0.717) is 17.0 Å². The highest BCUT2D eigenvalue weighted by Gasteiger charge is 2.17. The molecule has 0 atom stereocenters. The Morgan fingerprint density at radius 1 is 1.38 bits per heavy atom. The molecular weight excluding hydrogens is 270 g/mol. The molecule has 3 rings (SSSR count). The van der Waals surface area contributed by atoms with Crippen LogP contribution in [0.4, 0.5) is 11.5 Å². The molecule has 0 unspecified atom stereocenters. The standard InChI is InChI=1S/C13H15N7O/c1-19(2)11-9-4-10(20(3)12(9)15-7-14-11)13(21)18-8-5-16-17-6-8/h4-7H,1-3H3,(H,16,17)(H,18,21). The van der Waals surface area contributed by atoms with E-state index in [9.17, 15) is 4.79 Å². The number of aromatic amines is 1. The van der Waals surface area contributed by atoms with Crippen molar-refractivity contribution in [2.45, 2.75) is 0 Å². The molecule has 0 saturated carbocycles. The topological polar surface area (TPSA) is 91.7 Å². The molecule has 0 fully saturated rings. The summed E-state index contributed by atoms with van der Waals surface area (Å²) in [6, 6.07) is 1.79. The molecule has 2 N–H and O–H groups in total. The number of nitrogens with zero attached hydrogens (tertiary/aromatic N) is 5. The van der Waals surface area contributed by atoms with Gasteiger partial charge in [-0.05, 0) is 6.07 Å². The predicted molar refractivity (Wildman–Crippen MR) is 79.4 cm³/mol. The zero-order valence-electron chi connectivity index (χ0n) is 12.0. The molecule has 21 heavy (non-hydrogen) atoms. The van der Waals surface area contributed by atoms with Crippen molar-refractivity contribution in [2.75, 3.05) is 24.3 Å². The first-order valence-electron chi connectivity index (χ1n) is 6.36. The Kier molecular flexibility index (Phi) is 3.05. The van der Waals surface area contributed by atoms with Crippen LogP contribution in [0.2, 0.25) is 0 Å². The fourth-order valence-electron chi connectivity index (χ4n) is 2.21. The van der Waals surface area contributed by atoms with Crippen LogP contribution in [-0.4, -0.2) is 44.7 Å². The summed E-state index contributed by atoms with van der Waals surface area (Å²) in [5.41, 5.74) is 1.84. The third-order valence-corrected chi connectivity index (χ3v) is 3.21. The lowest BCUT2D eigenvalue weighted by atomic mass is 10.3. The molecule has 0 radical (unpaired) electrons. The van der Waals surface area contributed by atoms with Crippen LogP contribution in [0.3, 0.4) is 0 Å². The van der Waals surface area contributed by atoms with Crippen molar-refractivity contribution in [1.29, 1.82) is 0 Å². The van der Waals surface area contributed by atoms with Crippen LogP contribution in [0.25, 0.3) is 11.0 Å². The maximum atomic E-state index is 12.3. The molecule has 0 bridgehead atoms. The minimum Gasteiger partial charge on any atom is -0.362 e. The van der Waals surface area contributed by atoms with Crippen LogP contribution in [0.5, 0.6) is 0 Å². The highest BCUT2D eigenvalue weighted by atomic mass is 16.2. The molecule has 3 heterocycles. The summed E-state index contributed by atoms with van der Waals surface area (Å²) in [7, 11) is 5.61. The molecule has 108 valence electrons. The molecule has 0 aliphatic carbocycles. The number of carbonyl (C=O) groups is 1. The van der Waals surface area contributed by atoms with E-state index in [1.165, 1.54) is 6.33 Å². The molecule has 3 aromatic rings. The molecular formula is C13H15N7O. The minimum absolute atomic E-state index is 0.221. The van der Waals surface area contributed by atoms with Gasteiger partial charge in [0.15, 0.2) is 0 Å². The predicted octanol–water partition coefficient (Wildman–Crippen LogP) is 1.01. The van der Waals surface area contributed by atoms with Crippen molar-refractivity contribution >= 4 is 28.4 Å². The summed E-state index contributed by atoms with van der Waals surface area (Å²) in [4.78, 5) is 22.7. The number of amides is 1. The maximum Gasteiger partial charge on any atom is 0.272 e. The number of rotatable bonds is 3. The van der Waals surface area contributed by atoms with Crippen LogP contribution in [0.15, 0.2) is 24.8 Å². The largest absolute Gasteiger partial charge is 0.362 e. The van der Waals surface area contributed by atoms with Gasteiger partial charge in [-0.1, -0.05) is 0 Å². The van der Waals surface area contributed by atoms with E-state index >= 15 is 0 Å². The lowest BCUT2D eigenvalue weighted by molar-refractivity contribution is 0.101. The van der Waals surface area contributed by atoms with Gasteiger partial charge in [0.25, 0.3) is 5.91 Å². The van der Waals surface area contributed by atoms with E-state index in [2.05, 4.69) is 25.5 Å². The number of hydrogen-bond donors (Lipinski definition) is 2. The molecule has 8 nitrogen and oxygen atoms in total. The first kappa shape index (κ1) is 13.1. The van der Waals surface area contributed by atoms with E-state index in [1.54, 1.807) is 30.1 Å². The fourth-order valence-corrected chi connectivity index (χ4v) is 2.21. The van der Waals surface area contributed by atoms with Crippen molar-refractivity contribution < 1.29 is 4.79 Å². The summed E-state index contributed by atoms with van der Waals surface area (Å²) in [5, 5.41) is 10.1. The Bertz CT molecular complexity index is 788. The second-order valence-electron chi connectivity index (χ2n) is 4.86. The van der Waals surface area contributed by atoms with E-state index in [0.717, 1.165) is 11.2 Å². The van der Waals surface area contributed by atoms with Crippen LogP contribution in [0, 0.1) is 0 Å². The molecule has 8 heteroatoms. The summed E-state index contributed by atoms with van der Waals surface area (Å²) in [6.45, 7) is 0. The highest BCUT2D eigenvalue weighted by molar-refractivity contribution is 6.07. The van der Waals surface area contributed by atoms with E-state index in [1.807, 2.05) is 19.0 Å². The Balaban J connectivity index is 2.05. The van der Waals surface area contributed by atoms with Crippen LogP contribution in [0.1, 0.15) is 10.5 Å². The first-order chi connectivity index (χ1) is 10.1. The molecule has 3 aromatic heterocycles. The van der Waals surface area contributed by atoms with E-state index in [4.69, 9.17) is 0 Å². The summed E-state index contributed by atoms with van der Waals surface area (Å²) in [5.74, 6) is 0.555. The maximum absolute atomic E-state index is 12.3. The molecule has 0 saturated heterocycles. The molecule has 0 spiro atoms. The van der Waals surface area contributed by atoms with E-state index < -0.39 is 0 Å². The third-order valence-electron chi connectivity index (χ3n) is 3.21. The van der Waals surface area contributed by atoms with Gasteiger partial charge in [0.1, 0.15) is 23.5 Å². The van der Waals surface area contributed by atoms with Gasteiger partial charge in [-0.2, -0.15) is 5.10 Å². The van der Waals surface area contributed by atoms with Gasteiger partial charge in [0.2, 0.25) is 0 Å². The third kappa shape index (κ3) is 2.20. The number of H-pyrrole nitrogens is 1. The zero-order valence-corrected chi connectivity index (χ0v) is 12.0. The van der Waals surface area contributed by atoms with Crippen molar-refractivity contribution in [1.82, 2.24) is 24.7 Å². The Morgan fingerprint density at radius 2 is 2.19 bits per heavy atom. The first-order valence-corrected chi connectivity index (χ1v) is 6.36. The molecule has 0 aliphatic rings. The van der Waals surface area contributed by atoms with Crippen molar-refractivity contribution in [3.8, 4) is 0 Å². The summed E-state index contributed by atoms with van der Waals surface area (Å²) in [6.07, 6.45) is 4.66. The fraction of sp³-hybridized carbons (Fsp3) is 0.231. The van der Waals surface area contributed by atoms with Gasteiger partial charge < -0.3 is 14.8 Å². The second-order valence-corrected chi connectivity index (χ2v) is 4.86. The minimum atomic E-state index is -0.221. The van der Waals surface area contributed by atoms with Crippen molar-refractivity contribution in [2.24, 2.45) is 7.05 Å². The van der Waals surface area contributed by atoms with Gasteiger partial charge in [-0.15, -0.1) is 0 Å². The smallest absolute Gasteiger partial charge is 0.272 e. The number of anilines is 2. The Hall–Kier alpha value is -2.90. The zero-order chi connectivity index (χ0) is 15.0. The van der Waals surface area contributed by atoms with Gasteiger partial charge in [-0.25, -0.2) is 9.97 Å².